The Morgan fingerprint density at radius 2 is 2.00 bits per heavy atom. The van der Waals surface area contributed by atoms with Crippen molar-refractivity contribution in [3.05, 3.63) is 65.2 Å². The summed E-state index contributed by atoms with van der Waals surface area (Å²) in [4.78, 5) is 12.4. The lowest BCUT2D eigenvalue weighted by Gasteiger charge is -2.09. The van der Waals surface area contributed by atoms with Crippen molar-refractivity contribution in [2.45, 2.75) is 25.0 Å². The molecule has 2 aromatic rings. The summed E-state index contributed by atoms with van der Waals surface area (Å²) in [5, 5.41) is 3.10. The highest BCUT2D eigenvalue weighted by Gasteiger charge is 2.41. The van der Waals surface area contributed by atoms with Crippen molar-refractivity contribution < 1.29 is 14.3 Å². The number of methoxy groups -OCH3 is 2. The summed E-state index contributed by atoms with van der Waals surface area (Å²) in [5.41, 5.74) is 2.83. The van der Waals surface area contributed by atoms with Gasteiger partial charge < -0.3 is 14.8 Å². The van der Waals surface area contributed by atoms with Crippen LogP contribution in [0, 0.1) is 0 Å². The minimum Gasteiger partial charge on any atom is -0.496 e. The maximum atomic E-state index is 12.4. The number of carbonyl (C=O) groups excluding carboxylic acids is 1. The molecule has 2 aromatic carbocycles. The van der Waals surface area contributed by atoms with Crippen LogP contribution in [-0.4, -0.2) is 26.2 Å². The molecule has 1 fully saturated rings. The van der Waals surface area contributed by atoms with Gasteiger partial charge in [-0.2, -0.15) is 0 Å². The molecule has 4 heteroatoms. The highest BCUT2D eigenvalue weighted by atomic mass is 16.5. The number of para-hydroxylation sites is 1. The Kier molecular flexibility index (Phi) is 4.63. The van der Waals surface area contributed by atoms with Crippen LogP contribution in [0.15, 0.2) is 48.5 Å². The Morgan fingerprint density at radius 1 is 1.17 bits per heavy atom. The average Bonchev–Trinajstić information content (AvgIpc) is 3.34. The van der Waals surface area contributed by atoms with Gasteiger partial charge in [-0.05, 0) is 35.7 Å². The lowest BCUT2D eigenvalue weighted by Crippen LogP contribution is -2.26. The molecule has 0 heterocycles. The lowest BCUT2D eigenvalue weighted by molar-refractivity contribution is 0.0950. The molecule has 0 unspecified atom stereocenters. The molecule has 2 atom stereocenters. The third-order valence-electron chi connectivity index (χ3n) is 4.15. The number of nitrogens with one attached hydrogen (secondary N) is 1. The van der Waals surface area contributed by atoms with E-state index in [1.165, 1.54) is 0 Å². The molecule has 0 aromatic heterocycles. The third-order valence-corrected chi connectivity index (χ3v) is 4.15. The molecule has 0 radical (unpaired) electrons. The lowest BCUT2D eigenvalue weighted by atomic mass is 10.1. The minimum absolute atomic E-state index is 0.0367. The van der Waals surface area contributed by atoms with E-state index < -0.39 is 0 Å². The smallest absolute Gasteiger partial charge is 0.251 e. The van der Waals surface area contributed by atoms with E-state index in [-0.39, 0.29) is 11.9 Å². The molecule has 1 N–H and O–H groups in total. The second-order valence-electron chi connectivity index (χ2n) is 5.80. The first kappa shape index (κ1) is 15.6. The fourth-order valence-electron chi connectivity index (χ4n) is 2.89. The van der Waals surface area contributed by atoms with Crippen LogP contribution in [0.25, 0.3) is 0 Å². The quantitative estimate of drug-likeness (QED) is 0.891. The molecule has 1 aliphatic rings. The Morgan fingerprint density at radius 3 is 2.78 bits per heavy atom. The second kappa shape index (κ2) is 6.84. The summed E-state index contributed by atoms with van der Waals surface area (Å²) in [5.74, 6) is 1.18. The summed E-state index contributed by atoms with van der Waals surface area (Å²) >= 11 is 0. The molecule has 3 rings (SSSR count). The van der Waals surface area contributed by atoms with E-state index in [0.29, 0.717) is 18.1 Å². The van der Waals surface area contributed by atoms with Gasteiger partial charge in [-0.3, -0.25) is 4.79 Å². The van der Waals surface area contributed by atoms with Crippen LogP contribution in [0.4, 0.5) is 0 Å². The zero-order valence-electron chi connectivity index (χ0n) is 13.4. The zero-order chi connectivity index (χ0) is 16.2. The maximum absolute atomic E-state index is 12.4. The average molecular weight is 311 g/mol. The van der Waals surface area contributed by atoms with Crippen LogP contribution in [0.3, 0.4) is 0 Å². The first-order valence-electron chi connectivity index (χ1n) is 7.74. The van der Waals surface area contributed by atoms with Gasteiger partial charge in [0.25, 0.3) is 5.91 Å². The van der Waals surface area contributed by atoms with Gasteiger partial charge in [0.05, 0.1) is 13.7 Å². The van der Waals surface area contributed by atoms with Crippen LogP contribution in [0.1, 0.15) is 33.8 Å². The van der Waals surface area contributed by atoms with Gasteiger partial charge in [-0.1, -0.05) is 30.3 Å². The van der Waals surface area contributed by atoms with E-state index in [2.05, 4.69) is 11.4 Å². The highest BCUT2D eigenvalue weighted by Crippen LogP contribution is 2.44. The highest BCUT2D eigenvalue weighted by molar-refractivity contribution is 5.94. The Bertz CT molecular complexity index is 699. The minimum atomic E-state index is -0.0367. The fourth-order valence-corrected chi connectivity index (χ4v) is 2.89. The van der Waals surface area contributed by atoms with E-state index in [9.17, 15) is 4.79 Å². The van der Waals surface area contributed by atoms with Crippen molar-refractivity contribution in [2.75, 3.05) is 14.2 Å². The predicted octanol–water partition coefficient (Wildman–Crippen LogP) is 3.13. The summed E-state index contributed by atoms with van der Waals surface area (Å²) in [6.45, 7) is 0.508. The van der Waals surface area contributed by atoms with E-state index in [0.717, 1.165) is 23.3 Å². The Labute approximate surface area is 136 Å². The number of amides is 1. The summed E-state index contributed by atoms with van der Waals surface area (Å²) < 4.78 is 10.5. The van der Waals surface area contributed by atoms with Crippen molar-refractivity contribution in [3.8, 4) is 5.75 Å². The van der Waals surface area contributed by atoms with E-state index >= 15 is 0 Å². The normalized spacial score (nSPS) is 19.2. The van der Waals surface area contributed by atoms with Gasteiger partial charge >= 0.3 is 0 Å². The van der Waals surface area contributed by atoms with E-state index in [1.807, 2.05) is 42.5 Å². The van der Waals surface area contributed by atoms with E-state index in [1.54, 1.807) is 14.2 Å². The van der Waals surface area contributed by atoms with Gasteiger partial charge in [0.1, 0.15) is 5.75 Å². The SMILES string of the molecule is COCc1cccc(C(=O)N[C@@H]2C[C@H]2c2ccccc2OC)c1. The van der Waals surface area contributed by atoms with Crippen LogP contribution >= 0.6 is 0 Å². The monoisotopic (exact) mass is 311 g/mol. The molecule has 0 aliphatic heterocycles. The number of hydrogen-bond acceptors (Lipinski definition) is 3. The third kappa shape index (κ3) is 3.54. The van der Waals surface area contributed by atoms with Crippen LogP contribution < -0.4 is 10.1 Å². The molecule has 0 spiro atoms. The fraction of sp³-hybridized carbons (Fsp3) is 0.316. The number of hydrogen-bond donors (Lipinski definition) is 1. The van der Waals surface area contributed by atoms with Crippen molar-refractivity contribution in [2.24, 2.45) is 0 Å². The van der Waals surface area contributed by atoms with Crippen LogP contribution in [0.2, 0.25) is 0 Å². The van der Waals surface area contributed by atoms with Crippen LogP contribution in [0.5, 0.6) is 5.75 Å². The summed E-state index contributed by atoms with van der Waals surface area (Å²) in [6.07, 6.45) is 0.948. The number of carbonyl (C=O) groups is 1. The van der Waals surface area contributed by atoms with E-state index in [4.69, 9.17) is 9.47 Å². The molecule has 4 nitrogen and oxygen atoms in total. The number of ether oxygens (including phenoxy) is 2. The zero-order valence-corrected chi connectivity index (χ0v) is 13.4. The largest absolute Gasteiger partial charge is 0.496 e. The number of benzene rings is 2. The van der Waals surface area contributed by atoms with Gasteiger partial charge in [0.2, 0.25) is 0 Å². The molecule has 1 saturated carbocycles. The van der Waals surface area contributed by atoms with Gasteiger partial charge in [-0.25, -0.2) is 0 Å². The summed E-state index contributed by atoms with van der Waals surface area (Å²) in [6, 6.07) is 15.7. The van der Waals surface area contributed by atoms with Gasteiger partial charge in [0.15, 0.2) is 0 Å². The standard InChI is InChI=1S/C19H21NO3/c1-22-12-13-6-5-7-14(10-13)19(21)20-17-11-16(17)15-8-3-4-9-18(15)23-2/h3-10,16-17H,11-12H2,1-2H3,(H,20,21)/t16-,17+/m0/s1. The van der Waals surface area contributed by atoms with Crippen molar-refractivity contribution >= 4 is 5.91 Å². The van der Waals surface area contributed by atoms with Crippen molar-refractivity contribution in [3.63, 3.8) is 0 Å². The van der Waals surface area contributed by atoms with Gasteiger partial charge in [0, 0.05) is 24.6 Å². The molecule has 120 valence electrons. The predicted molar refractivity (Wildman–Crippen MR) is 88.8 cm³/mol. The Hall–Kier alpha value is -2.33. The van der Waals surface area contributed by atoms with Crippen molar-refractivity contribution in [1.82, 2.24) is 5.32 Å². The first-order valence-corrected chi connectivity index (χ1v) is 7.74. The Balaban J connectivity index is 1.65. The topological polar surface area (TPSA) is 47.6 Å². The summed E-state index contributed by atoms with van der Waals surface area (Å²) in [7, 11) is 3.32. The molecule has 1 amide bonds. The van der Waals surface area contributed by atoms with Crippen LogP contribution in [-0.2, 0) is 11.3 Å². The molecule has 1 aliphatic carbocycles. The molecule has 0 bridgehead atoms. The van der Waals surface area contributed by atoms with Gasteiger partial charge in [-0.15, -0.1) is 0 Å². The second-order valence-corrected chi connectivity index (χ2v) is 5.80. The number of rotatable bonds is 6. The maximum Gasteiger partial charge on any atom is 0.251 e. The van der Waals surface area contributed by atoms with Crippen molar-refractivity contribution in [1.29, 1.82) is 0 Å². The first-order chi connectivity index (χ1) is 11.2. The molecular formula is C19H21NO3. The molecular weight excluding hydrogens is 290 g/mol. The molecule has 23 heavy (non-hydrogen) atoms. The molecule has 0 saturated heterocycles.